The molecule has 0 aromatic carbocycles. The van der Waals surface area contributed by atoms with Crippen molar-refractivity contribution in [3.63, 3.8) is 0 Å². The number of halogens is 1. The number of amides is 4. The number of hydrogen-bond acceptors (Lipinski definition) is 4. The zero-order chi connectivity index (χ0) is 17.4. The number of rotatable bonds is 4. The highest BCUT2D eigenvalue weighted by Crippen LogP contribution is 2.40. The molecule has 1 fully saturated rings. The van der Waals surface area contributed by atoms with Gasteiger partial charge in [0.05, 0.1) is 0 Å². The number of imide groups is 2. The van der Waals surface area contributed by atoms with Crippen LogP contribution in [0.25, 0.3) is 0 Å². The Hall–Kier alpha value is -1.51. The fraction of sp³-hybridized carbons (Fsp3) is 0.529. The average Bonchev–Trinajstić information content (AvgIpc) is 3.03. The minimum atomic E-state index is -0.282. The summed E-state index contributed by atoms with van der Waals surface area (Å²) < 4.78 is 0.281. The van der Waals surface area contributed by atoms with E-state index in [2.05, 4.69) is 29.5 Å². The smallest absolute Gasteiger partial charge is 0.253 e. The molecule has 128 valence electrons. The van der Waals surface area contributed by atoms with E-state index in [0.29, 0.717) is 19.0 Å². The summed E-state index contributed by atoms with van der Waals surface area (Å²) in [5, 5.41) is 0. The molecule has 3 rings (SSSR count). The predicted molar refractivity (Wildman–Crippen MR) is 94.9 cm³/mol. The molecule has 0 saturated heterocycles. The van der Waals surface area contributed by atoms with Crippen LogP contribution in [-0.2, 0) is 19.2 Å². The van der Waals surface area contributed by atoms with Gasteiger partial charge in [0.1, 0.15) is 0 Å². The first-order chi connectivity index (χ1) is 11.4. The molecule has 0 N–H and O–H groups in total. The molecule has 1 saturated carbocycles. The van der Waals surface area contributed by atoms with Crippen molar-refractivity contribution < 1.29 is 19.2 Å². The van der Waals surface area contributed by atoms with Crippen molar-refractivity contribution in [2.75, 3.05) is 13.1 Å². The zero-order valence-electron chi connectivity index (χ0n) is 13.4. The van der Waals surface area contributed by atoms with Gasteiger partial charge in [0.15, 0.2) is 0 Å². The van der Waals surface area contributed by atoms with Gasteiger partial charge in [-0.1, -0.05) is 29.5 Å². The van der Waals surface area contributed by atoms with Gasteiger partial charge in [-0.25, -0.2) is 0 Å². The van der Waals surface area contributed by atoms with E-state index in [4.69, 9.17) is 0 Å². The van der Waals surface area contributed by atoms with Crippen LogP contribution in [0.1, 0.15) is 19.8 Å². The van der Waals surface area contributed by atoms with Gasteiger partial charge in [0.2, 0.25) is 0 Å². The lowest BCUT2D eigenvalue weighted by molar-refractivity contribution is -0.141. The van der Waals surface area contributed by atoms with E-state index in [-0.39, 0.29) is 39.4 Å². The van der Waals surface area contributed by atoms with Gasteiger partial charge >= 0.3 is 0 Å². The zero-order valence-corrected chi connectivity index (χ0v) is 15.5. The molecule has 7 heteroatoms. The molecule has 0 aromatic rings. The molecule has 1 aliphatic carbocycles. The normalized spacial score (nSPS) is 33.2. The third kappa shape index (κ3) is 3.18. The van der Waals surface area contributed by atoms with Gasteiger partial charge in [-0.2, -0.15) is 0 Å². The van der Waals surface area contributed by atoms with Gasteiger partial charge in [0.25, 0.3) is 23.6 Å². The number of alkyl halides is 1. The van der Waals surface area contributed by atoms with Crippen LogP contribution in [-0.4, -0.2) is 50.4 Å². The van der Waals surface area contributed by atoms with E-state index >= 15 is 0 Å². The topological polar surface area (TPSA) is 74.8 Å². The van der Waals surface area contributed by atoms with E-state index in [9.17, 15) is 19.2 Å². The number of carbonyl (C=O) groups is 4. The van der Waals surface area contributed by atoms with E-state index in [1.807, 2.05) is 0 Å². The van der Waals surface area contributed by atoms with Crippen LogP contribution in [0.5, 0.6) is 0 Å². The van der Waals surface area contributed by atoms with Crippen molar-refractivity contribution in [3.8, 4) is 0 Å². The van der Waals surface area contributed by atoms with Gasteiger partial charge in [-0.3, -0.25) is 29.0 Å². The maximum absolute atomic E-state index is 11.9. The van der Waals surface area contributed by atoms with Gasteiger partial charge in [-0.05, 0) is 30.6 Å². The van der Waals surface area contributed by atoms with Crippen LogP contribution in [0.4, 0.5) is 0 Å². The quantitative estimate of drug-likeness (QED) is 0.374. The maximum Gasteiger partial charge on any atom is 0.253 e. The molecule has 2 aliphatic heterocycles. The van der Waals surface area contributed by atoms with Crippen LogP contribution >= 0.6 is 22.6 Å². The Labute approximate surface area is 154 Å². The minimum Gasteiger partial charge on any atom is -0.275 e. The largest absolute Gasteiger partial charge is 0.275 e. The van der Waals surface area contributed by atoms with Gasteiger partial charge < -0.3 is 0 Å². The highest BCUT2D eigenvalue weighted by atomic mass is 127. The van der Waals surface area contributed by atoms with Crippen molar-refractivity contribution in [2.45, 2.75) is 23.7 Å². The molecule has 0 radical (unpaired) electrons. The maximum atomic E-state index is 11.9. The molecule has 3 aliphatic rings. The Morgan fingerprint density at radius 2 is 1.33 bits per heavy atom. The standard InChI is InChI=1S/C17H19IN2O4/c1-10-2-3-11(8-19-13(21)4-5-14(19)22)12(17(10)18)9-20-15(23)6-7-16(20)24/h4-7,10-12,17H,2-3,8-9H2,1H3. The van der Waals surface area contributed by atoms with Crippen molar-refractivity contribution in [1.82, 2.24) is 9.80 Å². The lowest BCUT2D eigenvalue weighted by Gasteiger charge is -2.41. The Balaban J connectivity index is 1.76. The molecule has 4 atom stereocenters. The Morgan fingerprint density at radius 1 is 0.875 bits per heavy atom. The van der Waals surface area contributed by atoms with Crippen LogP contribution in [0.15, 0.2) is 24.3 Å². The van der Waals surface area contributed by atoms with E-state index in [0.717, 1.165) is 12.8 Å². The summed E-state index contributed by atoms with van der Waals surface area (Å²) in [6.45, 7) is 2.86. The highest BCUT2D eigenvalue weighted by Gasteiger charge is 2.41. The average molecular weight is 442 g/mol. The van der Waals surface area contributed by atoms with Crippen LogP contribution in [0.2, 0.25) is 0 Å². The lowest BCUT2D eigenvalue weighted by atomic mass is 9.74. The summed E-state index contributed by atoms with van der Waals surface area (Å²) in [5.41, 5.74) is 0. The monoisotopic (exact) mass is 442 g/mol. The Morgan fingerprint density at radius 3 is 1.83 bits per heavy atom. The van der Waals surface area contributed by atoms with Crippen molar-refractivity contribution >= 4 is 46.2 Å². The second-order valence-corrected chi connectivity index (χ2v) is 8.10. The molecule has 0 bridgehead atoms. The number of hydrogen-bond donors (Lipinski definition) is 0. The molecular weight excluding hydrogens is 423 g/mol. The van der Waals surface area contributed by atoms with Crippen molar-refractivity contribution in [2.24, 2.45) is 17.8 Å². The minimum absolute atomic E-state index is 0.0725. The third-order valence-electron chi connectivity index (χ3n) is 5.16. The van der Waals surface area contributed by atoms with Crippen LogP contribution in [0.3, 0.4) is 0 Å². The third-order valence-corrected chi connectivity index (χ3v) is 7.31. The van der Waals surface area contributed by atoms with E-state index < -0.39 is 0 Å². The summed E-state index contributed by atoms with van der Waals surface area (Å²) in [6, 6.07) is 0. The van der Waals surface area contributed by atoms with E-state index in [1.54, 1.807) is 0 Å². The first-order valence-electron chi connectivity index (χ1n) is 8.09. The summed E-state index contributed by atoms with van der Waals surface area (Å²) >= 11 is 2.38. The fourth-order valence-corrected chi connectivity index (χ4v) is 4.85. The highest BCUT2D eigenvalue weighted by molar-refractivity contribution is 14.1. The number of nitrogens with zero attached hydrogens (tertiary/aromatic N) is 2. The van der Waals surface area contributed by atoms with Crippen molar-refractivity contribution in [3.05, 3.63) is 24.3 Å². The molecule has 6 nitrogen and oxygen atoms in total. The summed E-state index contributed by atoms with van der Waals surface area (Å²) in [4.78, 5) is 50.0. The summed E-state index contributed by atoms with van der Waals surface area (Å²) in [6.07, 6.45) is 7.07. The Kier molecular flexibility index (Phi) is 4.89. The van der Waals surface area contributed by atoms with Gasteiger partial charge in [-0.15, -0.1) is 0 Å². The summed E-state index contributed by atoms with van der Waals surface area (Å²) in [5.74, 6) is -0.489. The molecule has 4 unspecified atom stereocenters. The van der Waals surface area contributed by atoms with Crippen LogP contribution in [0, 0.1) is 17.8 Å². The SMILES string of the molecule is CC1CCC(CN2C(=O)C=CC2=O)C(CN2C(=O)C=CC2=O)C1I. The Bertz CT molecular complexity index is 621. The molecule has 0 spiro atoms. The van der Waals surface area contributed by atoms with Crippen LogP contribution < -0.4 is 0 Å². The summed E-state index contributed by atoms with van der Waals surface area (Å²) in [7, 11) is 0. The fourth-order valence-electron chi connectivity index (χ4n) is 3.68. The van der Waals surface area contributed by atoms with Crippen molar-refractivity contribution in [1.29, 1.82) is 0 Å². The second kappa shape index (κ2) is 6.78. The van der Waals surface area contributed by atoms with Gasteiger partial charge in [0, 0.05) is 41.3 Å². The molecule has 4 amide bonds. The molecule has 0 aromatic heterocycles. The second-order valence-electron chi connectivity index (χ2n) is 6.66. The first kappa shape index (κ1) is 17.3. The van der Waals surface area contributed by atoms with E-state index in [1.165, 1.54) is 34.1 Å². The molecule has 2 heterocycles. The first-order valence-corrected chi connectivity index (χ1v) is 9.34. The number of carbonyl (C=O) groups excluding carboxylic acids is 4. The predicted octanol–water partition coefficient (Wildman–Crippen LogP) is 1.30. The molecule has 24 heavy (non-hydrogen) atoms. The lowest BCUT2D eigenvalue weighted by Crippen LogP contribution is -2.48. The molecular formula is C17H19IN2O4.